The highest BCUT2D eigenvalue weighted by Gasteiger charge is 2.18. The minimum atomic E-state index is -0.458. The Hall–Kier alpha value is -2.96. The van der Waals surface area contributed by atoms with E-state index in [1.54, 1.807) is 51.2 Å². The summed E-state index contributed by atoms with van der Waals surface area (Å²) in [5.41, 5.74) is 0.169. The highest BCUT2D eigenvalue weighted by atomic mass is 19.1. The van der Waals surface area contributed by atoms with E-state index in [9.17, 15) is 14.0 Å². The number of halogens is 1. The fraction of sp³-hybridized carbons (Fsp3) is 0.278. The van der Waals surface area contributed by atoms with E-state index in [0.717, 1.165) is 4.57 Å². The summed E-state index contributed by atoms with van der Waals surface area (Å²) < 4.78 is 18.6. The van der Waals surface area contributed by atoms with E-state index in [1.165, 1.54) is 15.2 Å². The Morgan fingerprint density at radius 1 is 1.12 bits per heavy atom. The Morgan fingerprint density at radius 3 is 2.36 bits per heavy atom. The van der Waals surface area contributed by atoms with Crippen LogP contribution in [0.1, 0.15) is 25.2 Å². The number of benzene rings is 1. The van der Waals surface area contributed by atoms with Gasteiger partial charge in [0.05, 0.1) is 0 Å². The predicted molar refractivity (Wildman–Crippen MR) is 96.0 cm³/mol. The zero-order valence-corrected chi connectivity index (χ0v) is 14.4. The maximum atomic E-state index is 14.5. The molecule has 0 fully saturated rings. The molecule has 130 valence electrons. The van der Waals surface area contributed by atoms with Crippen LogP contribution in [-0.4, -0.2) is 18.7 Å². The summed E-state index contributed by atoms with van der Waals surface area (Å²) in [6.45, 7) is 4.18. The molecule has 6 nitrogen and oxygen atoms in total. The molecule has 0 aliphatic heterocycles. The van der Waals surface area contributed by atoms with Gasteiger partial charge in [-0.15, -0.1) is 0 Å². The number of nitrogens with zero attached hydrogens (tertiary/aromatic N) is 4. The van der Waals surface area contributed by atoms with Crippen LogP contribution in [0.4, 0.5) is 4.39 Å². The second-order valence-corrected chi connectivity index (χ2v) is 5.64. The van der Waals surface area contributed by atoms with Crippen molar-refractivity contribution in [2.45, 2.75) is 26.9 Å². The van der Waals surface area contributed by atoms with Crippen LogP contribution in [-0.2, 0) is 20.1 Å². The van der Waals surface area contributed by atoms with E-state index in [1.807, 2.05) is 0 Å². The average Bonchev–Trinajstić information content (AvgIpc) is 2.93. The first-order valence-electron chi connectivity index (χ1n) is 8.12. The van der Waals surface area contributed by atoms with Gasteiger partial charge in [-0.25, -0.2) is 14.2 Å². The molecule has 0 amide bonds. The van der Waals surface area contributed by atoms with Gasteiger partial charge in [-0.05, 0) is 13.8 Å². The van der Waals surface area contributed by atoms with E-state index >= 15 is 0 Å². The molecule has 0 atom stereocenters. The molecular weight excluding hydrogens is 323 g/mol. The second-order valence-electron chi connectivity index (χ2n) is 5.64. The van der Waals surface area contributed by atoms with Crippen molar-refractivity contribution in [1.82, 2.24) is 18.7 Å². The average molecular weight is 342 g/mol. The summed E-state index contributed by atoms with van der Waals surface area (Å²) >= 11 is 0. The summed E-state index contributed by atoms with van der Waals surface area (Å²) in [6, 6.07) is 8.60. The standard InChI is InChI=1S/C18H19FN4O2/c1-4-22-16-15(17(24)23(5-2)18(22)25)21(3)14(20-16)11-13(19)12-9-7-6-8-10-12/h6-11H,4-5H2,1-3H3/b13-11-. The first kappa shape index (κ1) is 16.9. The van der Waals surface area contributed by atoms with E-state index in [0.29, 0.717) is 12.1 Å². The predicted octanol–water partition coefficient (Wildman–Crippen LogP) is 2.40. The number of aryl methyl sites for hydroxylation is 2. The Kier molecular flexibility index (Phi) is 4.39. The van der Waals surface area contributed by atoms with E-state index in [4.69, 9.17) is 0 Å². The first-order chi connectivity index (χ1) is 12.0. The lowest BCUT2D eigenvalue weighted by Gasteiger charge is -2.08. The molecule has 0 saturated carbocycles. The quantitative estimate of drug-likeness (QED) is 0.731. The van der Waals surface area contributed by atoms with Crippen molar-refractivity contribution >= 4 is 23.1 Å². The summed E-state index contributed by atoms with van der Waals surface area (Å²) in [7, 11) is 1.64. The third kappa shape index (κ3) is 2.71. The van der Waals surface area contributed by atoms with Crippen LogP contribution in [0.2, 0.25) is 0 Å². The molecule has 3 aromatic rings. The molecule has 0 bridgehead atoms. The topological polar surface area (TPSA) is 61.8 Å². The number of hydrogen-bond acceptors (Lipinski definition) is 3. The molecule has 0 aliphatic carbocycles. The summed E-state index contributed by atoms with van der Waals surface area (Å²) in [5, 5.41) is 0. The fourth-order valence-corrected chi connectivity index (χ4v) is 2.87. The number of rotatable bonds is 4. The molecule has 0 spiro atoms. The molecule has 25 heavy (non-hydrogen) atoms. The lowest BCUT2D eigenvalue weighted by Crippen LogP contribution is -2.39. The van der Waals surface area contributed by atoms with Gasteiger partial charge in [-0.1, -0.05) is 30.3 Å². The SMILES string of the molecule is CCn1c(=O)c2c(nc(/C=C(\F)c3ccccc3)n2C)n(CC)c1=O. The van der Waals surface area contributed by atoms with Gasteiger partial charge >= 0.3 is 5.69 Å². The molecule has 0 radical (unpaired) electrons. The Bertz CT molecular complexity index is 1070. The zero-order valence-electron chi connectivity index (χ0n) is 14.4. The van der Waals surface area contributed by atoms with Gasteiger partial charge in [0, 0.05) is 31.8 Å². The largest absolute Gasteiger partial charge is 0.332 e. The molecule has 0 aliphatic rings. The van der Waals surface area contributed by atoms with Crippen molar-refractivity contribution in [1.29, 1.82) is 0 Å². The number of hydrogen-bond donors (Lipinski definition) is 0. The molecule has 2 heterocycles. The van der Waals surface area contributed by atoms with Crippen LogP contribution < -0.4 is 11.2 Å². The molecule has 3 rings (SSSR count). The van der Waals surface area contributed by atoms with Gasteiger partial charge in [-0.3, -0.25) is 13.9 Å². The minimum absolute atomic E-state index is 0.266. The summed E-state index contributed by atoms with van der Waals surface area (Å²) in [5.74, 6) is -0.177. The van der Waals surface area contributed by atoms with Gasteiger partial charge in [0.25, 0.3) is 5.56 Å². The third-order valence-corrected chi connectivity index (χ3v) is 4.21. The molecular formula is C18H19FN4O2. The van der Waals surface area contributed by atoms with Crippen LogP contribution in [0.25, 0.3) is 23.1 Å². The van der Waals surface area contributed by atoms with Crippen molar-refractivity contribution < 1.29 is 4.39 Å². The number of imidazole rings is 1. The molecule has 2 aromatic heterocycles. The molecule has 0 N–H and O–H groups in total. The Balaban J connectivity index is 2.30. The number of aromatic nitrogens is 4. The first-order valence-corrected chi connectivity index (χ1v) is 8.12. The van der Waals surface area contributed by atoms with E-state index < -0.39 is 17.1 Å². The van der Waals surface area contributed by atoms with Gasteiger partial charge in [0.15, 0.2) is 11.2 Å². The highest BCUT2D eigenvalue weighted by molar-refractivity contribution is 5.79. The van der Waals surface area contributed by atoms with Crippen molar-refractivity contribution in [2.24, 2.45) is 7.05 Å². The maximum Gasteiger partial charge on any atom is 0.332 e. The Morgan fingerprint density at radius 2 is 1.76 bits per heavy atom. The van der Waals surface area contributed by atoms with Crippen LogP contribution >= 0.6 is 0 Å². The minimum Gasteiger partial charge on any atom is -0.322 e. The van der Waals surface area contributed by atoms with Crippen molar-refractivity contribution in [2.75, 3.05) is 0 Å². The van der Waals surface area contributed by atoms with Gasteiger partial charge < -0.3 is 4.57 Å². The third-order valence-electron chi connectivity index (χ3n) is 4.21. The lowest BCUT2D eigenvalue weighted by molar-refractivity contribution is 0.604. The smallest absolute Gasteiger partial charge is 0.322 e. The van der Waals surface area contributed by atoms with E-state index in [-0.39, 0.29) is 23.5 Å². The lowest BCUT2D eigenvalue weighted by atomic mass is 10.2. The monoisotopic (exact) mass is 342 g/mol. The molecule has 1 aromatic carbocycles. The van der Waals surface area contributed by atoms with Crippen molar-refractivity contribution in [3.63, 3.8) is 0 Å². The van der Waals surface area contributed by atoms with Crippen molar-refractivity contribution in [3.8, 4) is 0 Å². The molecule has 7 heteroatoms. The normalized spacial score (nSPS) is 12.1. The second kappa shape index (κ2) is 6.51. The zero-order chi connectivity index (χ0) is 18.1. The maximum absolute atomic E-state index is 14.5. The molecule has 0 saturated heterocycles. The molecule has 0 unspecified atom stereocenters. The van der Waals surface area contributed by atoms with Crippen LogP contribution in [0.5, 0.6) is 0 Å². The summed E-state index contributed by atoms with van der Waals surface area (Å²) in [6.07, 6.45) is 1.27. The number of fused-ring (bicyclic) bond motifs is 1. The fourth-order valence-electron chi connectivity index (χ4n) is 2.87. The van der Waals surface area contributed by atoms with Crippen LogP contribution in [0.15, 0.2) is 39.9 Å². The van der Waals surface area contributed by atoms with Gasteiger partial charge in [0.2, 0.25) is 0 Å². The van der Waals surface area contributed by atoms with Gasteiger partial charge in [0.1, 0.15) is 11.7 Å². The van der Waals surface area contributed by atoms with E-state index in [2.05, 4.69) is 4.98 Å². The van der Waals surface area contributed by atoms with Crippen LogP contribution in [0, 0.1) is 0 Å². The van der Waals surface area contributed by atoms with Crippen molar-refractivity contribution in [3.05, 3.63) is 62.6 Å². The van der Waals surface area contributed by atoms with Gasteiger partial charge in [-0.2, -0.15) is 0 Å². The van der Waals surface area contributed by atoms with Crippen LogP contribution in [0.3, 0.4) is 0 Å². The highest BCUT2D eigenvalue weighted by Crippen LogP contribution is 2.20. The summed E-state index contributed by atoms with van der Waals surface area (Å²) in [4.78, 5) is 29.4. The Labute approximate surface area is 143 Å².